The summed E-state index contributed by atoms with van der Waals surface area (Å²) in [6.07, 6.45) is -4.20. The maximum Gasteiger partial charge on any atom is 0.429 e. The Morgan fingerprint density at radius 1 is 1.23 bits per heavy atom. The number of ketones is 1. The van der Waals surface area contributed by atoms with Crippen LogP contribution in [0.2, 0.25) is 0 Å². The van der Waals surface area contributed by atoms with Crippen molar-refractivity contribution in [2.45, 2.75) is 24.4 Å². The molecule has 0 aliphatic heterocycles. The molecule has 0 aromatic heterocycles. The van der Waals surface area contributed by atoms with Crippen LogP contribution in [0.5, 0.6) is 0 Å². The number of hydrogen-bond donors (Lipinski definition) is 0. The summed E-state index contributed by atoms with van der Waals surface area (Å²) >= 11 is 9.71. The highest BCUT2D eigenvalue weighted by Gasteiger charge is 2.57. The Bertz CT molecular complexity index is 239. The van der Waals surface area contributed by atoms with E-state index in [2.05, 4.69) is 0 Å². The third-order valence-electron chi connectivity index (χ3n) is 1.09. The number of alkyl halides is 5. The largest absolute Gasteiger partial charge is 0.429 e. The van der Waals surface area contributed by atoms with Crippen LogP contribution >= 0.6 is 23.2 Å². The van der Waals surface area contributed by atoms with Crippen molar-refractivity contribution in [2.75, 3.05) is 0 Å². The molecular formula is C7H7Cl2F3O. The third-order valence-corrected chi connectivity index (χ3v) is 1.89. The highest BCUT2D eigenvalue weighted by Crippen LogP contribution is 2.40. The summed E-state index contributed by atoms with van der Waals surface area (Å²) in [7, 11) is 0. The van der Waals surface area contributed by atoms with Crippen molar-refractivity contribution < 1.29 is 18.0 Å². The van der Waals surface area contributed by atoms with Crippen LogP contribution in [0.15, 0.2) is 11.6 Å². The van der Waals surface area contributed by atoms with E-state index in [1.807, 2.05) is 0 Å². The topological polar surface area (TPSA) is 17.1 Å². The number of carbonyl (C=O) groups is 1. The van der Waals surface area contributed by atoms with Gasteiger partial charge in [-0.25, -0.2) is 0 Å². The normalized spacial score (nSPS) is 12.5. The molecule has 0 aliphatic carbocycles. The molecule has 0 rings (SSSR count). The molecule has 0 saturated heterocycles. The molecule has 0 aromatic rings. The molecule has 1 nitrogen and oxygen atoms in total. The maximum absolute atomic E-state index is 12.0. The van der Waals surface area contributed by atoms with Gasteiger partial charge in [-0.05, 0) is 19.9 Å². The Labute approximate surface area is 83.5 Å². The molecule has 76 valence electrons. The van der Waals surface area contributed by atoms with Gasteiger partial charge in [0.05, 0.1) is 0 Å². The molecular weight excluding hydrogens is 228 g/mol. The molecule has 0 N–H and O–H groups in total. The van der Waals surface area contributed by atoms with Crippen LogP contribution in [-0.4, -0.2) is 16.3 Å². The Balaban J connectivity index is 4.87. The van der Waals surface area contributed by atoms with Gasteiger partial charge in [0.2, 0.25) is 5.78 Å². The first-order valence-corrected chi connectivity index (χ1v) is 3.98. The summed E-state index contributed by atoms with van der Waals surface area (Å²) in [5.41, 5.74) is 0.403. The molecule has 0 spiro atoms. The zero-order valence-electron chi connectivity index (χ0n) is 6.88. The second kappa shape index (κ2) is 3.88. The van der Waals surface area contributed by atoms with Crippen molar-refractivity contribution >= 4 is 29.0 Å². The number of carbonyl (C=O) groups excluding carboxylic acids is 1. The van der Waals surface area contributed by atoms with E-state index in [-0.39, 0.29) is 0 Å². The molecule has 0 fully saturated rings. The summed E-state index contributed by atoms with van der Waals surface area (Å²) in [5, 5.41) is 0. The second-order valence-electron chi connectivity index (χ2n) is 2.66. The minimum absolute atomic E-state index is 0.403. The molecule has 0 aromatic carbocycles. The maximum atomic E-state index is 12.0. The van der Waals surface area contributed by atoms with Crippen LogP contribution in [0.3, 0.4) is 0 Å². The highest BCUT2D eigenvalue weighted by molar-refractivity contribution is 6.60. The van der Waals surface area contributed by atoms with Gasteiger partial charge in [0.15, 0.2) is 0 Å². The average Bonchev–Trinajstić information content (AvgIpc) is 1.82. The quantitative estimate of drug-likeness (QED) is 0.530. The molecule has 0 bridgehead atoms. The summed E-state index contributed by atoms with van der Waals surface area (Å²) in [6.45, 7) is 2.94. The van der Waals surface area contributed by atoms with E-state index in [4.69, 9.17) is 23.2 Å². The van der Waals surface area contributed by atoms with E-state index >= 15 is 0 Å². The van der Waals surface area contributed by atoms with E-state index in [0.717, 1.165) is 6.08 Å². The molecule has 0 aliphatic rings. The fourth-order valence-corrected chi connectivity index (χ4v) is 0.602. The number of halogens is 5. The van der Waals surface area contributed by atoms with Gasteiger partial charge in [0, 0.05) is 0 Å². The van der Waals surface area contributed by atoms with E-state index in [1.165, 1.54) is 13.8 Å². The Morgan fingerprint density at radius 2 is 1.62 bits per heavy atom. The monoisotopic (exact) mass is 234 g/mol. The molecule has 13 heavy (non-hydrogen) atoms. The number of hydrogen-bond acceptors (Lipinski definition) is 1. The highest BCUT2D eigenvalue weighted by atomic mass is 35.5. The first-order valence-electron chi connectivity index (χ1n) is 3.23. The molecule has 0 saturated carbocycles. The molecule has 0 radical (unpaired) electrons. The van der Waals surface area contributed by atoms with Crippen LogP contribution in [0.1, 0.15) is 13.8 Å². The van der Waals surface area contributed by atoms with Crippen molar-refractivity contribution in [3.05, 3.63) is 11.6 Å². The van der Waals surface area contributed by atoms with E-state index < -0.39 is 16.3 Å². The average molecular weight is 235 g/mol. The van der Waals surface area contributed by atoms with Crippen molar-refractivity contribution in [1.29, 1.82) is 0 Å². The fourth-order valence-electron chi connectivity index (χ4n) is 0.493. The zero-order chi connectivity index (χ0) is 10.9. The SMILES string of the molecule is CC(C)=CC(=O)C(Cl)(Cl)C(F)(F)F. The summed E-state index contributed by atoms with van der Waals surface area (Å²) < 4.78 is 32.7. The molecule has 0 atom stereocenters. The molecule has 0 unspecified atom stereocenters. The van der Waals surface area contributed by atoms with Crippen LogP contribution in [-0.2, 0) is 4.79 Å². The molecule has 0 amide bonds. The fraction of sp³-hybridized carbons (Fsp3) is 0.571. The molecule has 0 heterocycles. The smallest absolute Gasteiger partial charge is 0.291 e. The van der Waals surface area contributed by atoms with Gasteiger partial charge in [0.25, 0.3) is 4.33 Å². The summed E-state index contributed by atoms with van der Waals surface area (Å²) in [6, 6.07) is 0. The minimum atomic E-state index is -4.96. The van der Waals surface area contributed by atoms with Crippen molar-refractivity contribution in [3.63, 3.8) is 0 Å². The first-order chi connectivity index (χ1) is 5.59. The van der Waals surface area contributed by atoms with E-state index in [1.54, 1.807) is 0 Å². The lowest BCUT2D eigenvalue weighted by Gasteiger charge is -2.19. The van der Waals surface area contributed by atoms with Gasteiger partial charge in [-0.2, -0.15) is 13.2 Å². The van der Waals surface area contributed by atoms with Gasteiger partial charge in [-0.15, -0.1) is 0 Å². The van der Waals surface area contributed by atoms with E-state index in [0.29, 0.717) is 5.57 Å². The van der Waals surface area contributed by atoms with Crippen LogP contribution in [0.25, 0.3) is 0 Å². The predicted octanol–water partition coefficient (Wildman–Crippen LogP) is 3.26. The van der Waals surface area contributed by atoms with Crippen molar-refractivity contribution in [3.8, 4) is 0 Å². The third kappa shape index (κ3) is 3.19. The lowest BCUT2D eigenvalue weighted by atomic mass is 10.2. The number of allylic oxidation sites excluding steroid dienone is 2. The van der Waals surface area contributed by atoms with Crippen molar-refractivity contribution in [1.82, 2.24) is 0 Å². The van der Waals surface area contributed by atoms with E-state index in [9.17, 15) is 18.0 Å². The summed E-state index contributed by atoms with van der Waals surface area (Å²) in [4.78, 5) is 10.9. The van der Waals surface area contributed by atoms with Crippen molar-refractivity contribution in [2.24, 2.45) is 0 Å². The lowest BCUT2D eigenvalue weighted by Crippen LogP contribution is -2.41. The first kappa shape index (κ1) is 12.8. The minimum Gasteiger partial charge on any atom is -0.291 e. The van der Waals surface area contributed by atoms with Crippen LogP contribution in [0, 0.1) is 0 Å². The van der Waals surface area contributed by atoms with Gasteiger partial charge in [-0.1, -0.05) is 28.8 Å². The van der Waals surface area contributed by atoms with Gasteiger partial charge in [0.1, 0.15) is 0 Å². The lowest BCUT2D eigenvalue weighted by molar-refractivity contribution is -0.154. The van der Waals surface area contributed by atoms with Crippen LogP contribution in [0.4, 0.5) is 13.2 Å². The second-order valence-corrected chi connectivity index (χ2v) is 3.99. The number of rotatable bonds is 2. The van der Waals surface area contributed by atoms with Crippen LogP contribution < -0.4 is 0 Å². The summed E-state index contributed by atoms with van der Waals surface area (Å²) in [5.74, 6) is -1.37. The molecule has 6 heteroatoms. The van der Waals surface area contributed by atoms with Gasteiger partial charge >= 0.3 is 6.18 Å². The Kier molecular flexibility index (Phi) is 3.82. The standard InChI is InChI=1S/C7H7Cl2F3O/c1-4(2)3-5(13)6(8,9)7(10,11)12/h3H,1-2H3. The predicted molar refractivity (Wildman–Crippen MR) is 44.9 cm³/mol. The Hall–Kier alpha value is -0.220. The van der Waals surface area contributed by atoms with Gasteiger partial charge < -0.3 is 0 Å². The Morgan fingerprint density at radius 3 is 1.85 bits per heavy atom. The zero-order valence-corrected chi connectivity index (χ0v) is 8.39. The van der Waals surface area contributed by atoms with Gasteiger partial charge in [-0.3, -0.25) is 4.79 Å².